The standard InChI is InChI=1S/C15H26N4O/c1-5-9-19(10-13-7-6-8-16-13)15(20)14-11(2)17-18(4)12(14)3/h13,16H,5-10H2,1-4H3. The number of aromatic nitrogens is 2. The van der Waals surface area contributed by atoms with E-state index in [4.69, 9.17) is 0 Å². The number of aryl methyl sites for hydroxylation is 2. The molecule has 0 bridgehead atoms. The zero-order valence-corrected chi connectivity index (χ0v) is 13.1. The summed E-state index contributed by atoms with van der Waals surface area (Å²) in [5.74, 6) is 0.128. The Kier molecular flexibility index (Phi) is 4.81. The van der Waals surface area contributed by atoms with E-state index in [1.54, 1.807) is 4.68 Å². The van der Waals surface area contributed by atoms with Crippen molar-refractivity contribution < 1.29 is 4.79 Å². The van der Waals surface area contributed by atoms with Crippen LogP contribution in [0.1, 0.15) is 47.9 Å². The normalized spacial score (nSPS) is 18.5. The van der Waals surface area contributed by atoms with Gasteiger partial charge >= 0.3 is 0 Å². The fourth-order valence-electron chi connectivity index (χ4n) is 2.97. The predicted molar refractivity (Wildman–Crippen MR) is 79.9 cm³/mol. The molecule has 1 unspecified atom stereocenters. The molecule has 0 radical (unpaired) electrons. The molecule has 1 fully saturated rings. The summed E-state index contributed by atoms with van der Waals surface area (Å²) in [7, 11) is 1.89. The van der Waals surface area contributed by atoms with Crippen molar-refractivity contribution in [3.8, 4) is 0 Å². The Morgan fingerprint density at radius 1 is 1.50 bits per heavy atom. The Hall–Kier alpha value is -1.36. The van der Waals surface area contributed by atoms with Crippen LogP contribution in [-0.2, 0) is 7.05 Å². The molecule has 1 aliphatic rings. The largest absolute Gasteiger partial charge is 0.337 e. The monoisotopic (exact) mass is 278 g/mol. The fraction of sp³-hybridized carbons (Fsp3) is 0.733. The third-order valence-corrected chi connectivity index (χ3v) is 4.11. The summed E-state index contributed by atoms with van der Waals surface area (Å²) in [5.41, 5.74) is 2.56. The summed E-state index contributed by atoms with van der Waals surface area (Å²) in [6, 6.07) is 0.447. The summed E-state index contributed by atoms with van der Waals surface area (Å²) in [5, 5.41) is 7.83. The van der Waals surface area contributed by atoms with E-state index < -0.39 is 0 Å². The van der Waals surface area contributed by atoms with Crippen LogP contribution < -0.4 is 5.32 Å². The van der Waals surface area contributed by atoms with E-state index in [0.29, 0.717) is 6.04 Å². The number of hydrogen-bond donors (Lipinski definition) is 1. The minimum Gasteiger partial charge on any atom is -0.337 e. The molecule has 2 rings (SSSR count). The minimum absolute atomic E-state index is 0.128. The maximum atomic E-state index is 12.8. The van der Waals surface area contributed by atoms with Crippen LogP contribution in [0.25, 0.3) is 0 Å². The molecule has 2 heterocycles. The molecule has 1 aliphatic heterocycles. The van der Waals surface area contributed by atoms with Crippen molar-refractivity contribution in [2.75, 3.05) is 19.6 Å². The SMILES string of the molecule is CCCN(CC1CCCN1)C(=O)c1c(C)nn(C)c1C. The number of nitrogens with one attached hydrogen (secondary N) is 1. The van der Waals surface area contributed by atoms with Crippen LogP contribution in [0, 0.1) is 13.8 Å². The minimum atomic E-state index is 0.128. The first-order chi connectivity index (χ1) is 9.54. The first-order valence-electron chi connectivity index (χ1n) is 7.57. The number of carbonyl (C=O) groups is 1. The van der Waals surface area contributed by atoms with Gasteiger partial charge in [-0.3, -0.25) is 9.48 Å². The number of amides is 1. The number of carbonyl (C=O) groups excluding carboxylic acids is 1. The van der Waals surface area contributed by atoms with E-state index >= 15 is 0 Å². The Labute approximate surface area is 121 Å². The molecule has 0 aliphatic carbocycles. The van der Waals surface area contributed by atoms with Gasteiger partial charge < -0.3 is 10.2 Å². The van der Waals surface area contributed by atoms with Crippen LogP contribution in [0.15, 0.2) is 0 Å². The fourth-order valence-corrected chi connectivity index (χ4v) is 2.97. The molecule has 1 saturated heterocycles. The van der Waals surface area contributed by atoms with Gasteiger partial charge in [-0.2, -0.15) is 5.10 Å². The second kappa shape index (κ2) is 6.39. The second-order valence-electron chi connectivity index (χ2n) is 5.71. The van der Waals surface area contributed by atoms with E-state index in [2.05, 4.69) is 17.3 Å². The van der Waals surface area contributed by atoms with Crippen molar-refractivity contribution in [3.05, 3.63) is 17.0 Å². The highest BCUT2D eigenvalue weighted by Gasteiger charge is 2.25. The zero-order chi connectivity index (χ0) is 14.7. The van der Waals surface area contributed by atoms with Gasteiger partial charge in [0.25, 0.3) is 5.91 Å². The Morgan fingerprint density at radius 2 is 2.25 bits per heavy atom. The molecule has 0 aromatic carbocycles. The van der Waals surface area contributed by atoms with Crippen molar-refractivity contribution in [1.29, 1.82) is 0 Å². The molecule has 1 N–H and O–H groups in total. The Bertz CT molecular complexity index is 474. The van der Waals surface area contributed by atoms with Crippen molar-refractivity contribution in [1.82, 2.24) is 20.0 Å². The van der Waals surface area contributed by atoms with Gasteiger partial charge in [0.2, 0.25) is 0 Å². The molecular weight excluding hydrogens is 252 g/mol. The Balaban J connectivity index is 2.17. The molecule has 0 saturated carbocycles. The Morgan fingerprint density at radius 3 is 2.75 bits per heavy atom. The van der Waals surface area contributed by atoms with Crippen LogP contribution in [0.2, 0.25) is 0 Å². The lowest BCUT2D eigenvalue weighted by molar-refractivity contribution is 0.0740. The lowest BCUT2D eigenvalue weighted by Gasteiger charge is -2.25. The molecule has 1 atom stereocenters. The highest BCUT2D eigenvalue weighted by molar-refractivity contribution is 5.96. The summed E-state index contributed by atoms with van der Waals surface area (Å²) < 4.78 is 1.79. The van der Waals surface area contributed by atoms with E-state index in [1.165, 1.54) is 12.8 Å². The third kappa shape index (κ3) is 3.03. The van der Waals surface area contributed by atoms with Gasteiger partial charge in [0.15, 0.2) is 0 Å². The summed E-state index contributed by atoms with van der Waals surface area (Å²) in [6.45, 7) is 8.68. The van der Waals surface area contributed by atoms with Crippen molar-refractivity contribution in [2.24, 2.45) is 7.05 Å². The quantitative estimate of drug-likeness (QED) is 0.891. The van der Waals surface area contributed by atoms with Gasteiger partial charge in [-0.1, -0.05) is 6.92 Å². The van der Waals surface area contributed by atoms with Crippen LogP contribution in [0.3, 0.4) is 0 Å². The van der Waals surface area contributed by atoms with Gasteiger partial charge in [0.1, 0.15) is 0 Å². The molecule has 1 amide bonds. The lowest BCUT2D eigenvalue weighted by Crippen LogP contribution is -2.41. The first kappa shape index (κ1) is 15.0. The summed E-state index contributed by atoms with van der Waals surface area (Å²) >= 11 is 0. The van der Waals surface area contributed by atoms with Crippen LogP contribution in [0.4, 0.5) is 0 Å². The van der Waals surface area contributed by atoms with Gasteiger partial charge in [-0.15, -0.1) is 0 Å². The first-order valence-corrected chi connectivity index (χ1v) is 7.57. The van der Waals surface area contributed by atoms with Crippen LogP contribution in [-0.4, -0.2) is 46.3 Å². The second-order valence-corrected chi connectivity index (χ2v) is 5.71. The van der Waals surface area contributed by atoms with Gasteiger partial charge in [-0.25, -0.2) is 0 Å². The van der Waals surface area contributed by atoms with Crippen molar-refractivity contribution in [3.63, 3.8) is 0 Å². The average molecular weight is 278 g/mol. The third-order valence-electron chi connectivity index (χ3n) is 4.11. The number of hydrogen-bond acceptors (Lipinski definition) is 3. The molecular formula is C15H26N4O. The van der Waals surface area contributed by atoms with Gasteiger partial charge in [0.05, 0.1) is 11.3 Å². The maximum Gasteiger partial charge on any atom is 0.257 e. The van der Waals surface area contributed by atoms with E-state index in [1.807, 2.05) is 25.8 Å². The predicted octanol–water partition coefficient (Wildman–Crippen LogP) is 1.64. The summed E-state index contributed by atoms with van der Waals surface area (Å²) in [6.07, 6.45) is 3.36. The van der Waals surface area contributed by atoms with E-state index in [9.17, 15) is 4.79 Å². The average Bonchev–Trinajstić information content (AvgIpc) is 2.98. The molecule has 5 heteroatoms. The summed E-state index contributed by atoms with van der Waals surface area (Å²) in [4.78, 5) is 14.8. The lowest BCUT2D eigenvalue weighted by atomic mass is 10.1. The van der Waals surface area contributed by atoms with Gasteiger partial charge in [-0.05, 0) is 39.7 Å². The van der Waals surface area contributed by atoms with E-state index in [0.717, 1.165) is 43.0 Å². The molecule has 0 spiro atoms. The zero-order valence-electron chi connectivity index (χ0n) is 13.1. The van der Waals surface area contributed by atoms with Crippen molar-refractivity contribution >= 4 is 5.91 Å². The van der Waals surface area contributed by atoms with Gasteiger partial charge in [0, 0.05) is 31.9 Å². The van der Waals surface area contributed by atoms with Crippen LogP contribution >= 0.6 is 0 Å². The van der Waals surface area contributed by atoms with E-state index in [-0.39, 0.29) is 5.91 Å². The highest BCUT2D eigenvalue weighted by atomic mass is 16.2. The molecule has 1 aromatic rings. The number of rotatable bonds is 5. The molecule has 20 heavy (non-hydrogen) atoms. The van der Waals surface area contributed by atoms with Crippen LogP contribution in [0.5, 0.6) is 0 Å². The maximum absolute atomic E-state index is 12.8. The molecule has 1 aromatic heterocycles. The topological polar surface area (TPSA) is 50.2 Å². The highest BCUT2D eigenvalue weighted by Crippen LogP contribution is 2.16. The van der Waals surface area contributed by atoms with Crippen molar-refractivity contribution in [2.45, 2.75) is 46.1 Å². The smallest absolute Gasteiger partial charge is 0.257 e. The molecule has 112 valence electrons. The molecule has 5 nitrogen and oxygen atoms in total. The number of nitrogens with zero attached hydrogens (tertiary/aromatic N) is 3.